The molecule has 108 heavy (non-hydrogen) atoms. The van der Waals surface area contributed by atoms with Gasteiger partial charge in [0.25, 0.3) is 0 Å². The van der Waals surface area contributed by atoms with Crippen LogP contribution in [0.5, 0.6) is 69.0 Å². The van der Waals surface area contributed by atoms with Gasteiger partial charge in [-0.25, -0.2) is 0 Å². The zero-order valence-electron chi connectivity index (χ0n) is 65.0. The Morgan fingerprint density at radius 1 is 0.380 bits per heavy atom. The molecular formula is C92H100O16. The fraction of sp³-hybridized carbons (Fsp3) is 0.239. The van der Waals surface area contributed by atoms with Crippen molar-refractivity contribution < 1.29 is 76.8 Å². The zero-order chi connectivity index (χ0) is 79.1. The number of aryl methyl sites for hydroxylation is 4. The number of aromatic hydroxyl groups is 2. The molecule has 16 heteroatoms. The molecule has 0 spiro atoms. The lowest BCUT2D eigenvalue weighted by Gasteiger charge is -2.16. The van der Waals surface area contributed by atoms with Crippen molar-refractivity contribution in [3.63, 3.8) is 0 Å². The molecule has 0 heterocycles. The number of carbonyl (C=O) groups is 4. The van der Waals surface area contributed by atoms with Gasteiger partial charge < -0.3 is 57.6 Å². The number of allylic oxidation sites excluding steroid dienone is 4. The standard InChI is InChI=1S/C26H26O3.C24H30O4.C24H26O4.C18H18O5/c1-18-10-14-23(25(16-18)29-17-21-8-6-5-7-9-21)24(27)15-13-22-12-11-19(2)20(3)26(22)28-4;1-15(2)27-20-11-12-21(23(14-20)28-16(3)4)22(25)13-10-19-9-8-17(5)18(6)24(19)26-7;1-6-14-27-20-11-12-21(23(16-20)28-15-7-2)22(25)13-10-19-9-8-17(3)18(4)24(19)26-5;1-11-17(22-2)9-5-12(18(11)23-3)4-8-15(20)14-7-6-13(19)10-16(14)21/h5-16H,17H2,1-4H3;8-16H,1-7H3;6-13,16H,1-2,14-15H2,3-5H3;4-10,19,21H,1-3H3/b15-13+;2*13-10+;8-4+. The van der Waals surface area contributed by atoms with Crippen LogP contribution in [0.4, 0.5) is 0 Å². The van der Waals surface area contributed by atoms with Crippen LogP contribution in [-0.4, -0.2) is 94.3 Å². The molecule has 564 valence electrons. The fourth-order valence-electron chi connectivity index (χ4n) is 11.0. The van der Waals surface area contributed by atoms with E-state index in [1.807, 2.05) is 168 Å². The van der Waals surface area contributed by atoms with Gasteiger partial charge in [0.05, 0.1) is 70.0 Å². The van der Waals surface area contributed by atoms with E-state index < -0.39 is 0 Å². The van der Waals surface area contributed by atoms with E-state index in [9.17, 15) is 29.4 Å². The third-order valence-corrected chi connectivity index (χ3v) is 17.0. The van der Waals surface area contributed by atoms with Gasteiger partial charge in [-0.3, -0.25) is 19.2 Å². The van der Waals surface area contributed by atoms with Crippen LogP contribution < -0.4 is 47.4 Å². The third-order valence-electron chi connectivity index (χ3n) is 17.0. The van der Waals surface area contributed by atoms with Gasteiger partial charge in [0.1, 0.15) is 88.8 Å². The molecule has 0 saturated carbocycles. The van der Waals surface area contributed by atoms with Crippen LogP contribution in [0.1, 0.15) is 141 Å². The average molecular weight is 1460 g/mol. The first-order valence-electron chi connectivity index (χ1n) is 35.1. The Bertz CT molecular complexity index is 4740. The van der Waals surface area contributed by atoms with E-state index in [1.54, 1.807) is 133 Å². The Kier molecular flexibility index (Phi) is 32.9. The van der Waals surface area contributed by atoms with E-state index in [1.165, 1.54) is 24.3 Å². The highest BCUT2D eigenvalue weighted by Gasteiger charge is 2.19. The maximum absolute atomic E-state index is 12.9. The molecular weight excluding hydrogens is 1360 g/mol. The molecule has 9 aromatic rings. The van der Waals surface area contributed by atoms with Crippen LogP contribution in [0, 0.1) is 55.4 Å². The minimum absolute atomic E-state index is 0.0468. The van der Waals surface area contributed by atoms with Crippen LogP contribution in [-0.2, 0) is 6.61 Å². The first kappa shape index (κ1) is 84.6. The summed E-state index contributed by atoms with van der Waals surface area (Å²) in [5, 5.41) is 19.0. The molecule has 0 aliphatic heterocycles. The monoisotopic (exact) mass is 1460 g/mol. The molecule has 0 unspecified atom stereocenters. The molecule has 0 aliphatic carbocycles. The smallest absolute Gasteiger partial charge is 0.189 e. The highest BCUT2D eigenvalue weighted by molar-refractivity contribution is 6.11. The average Bonchev–Trinajstić information content (AvgIpc) is 0.835. The van der Waals surface area contributed by atoms with E-state index in [0.29, 0.717) is 76.8 Å². The quantitative estimate of drug-likeness (QED) is 0.0244. The van der Waals surface area contributed by atoms with Gasteiger partial charge in [-0.15, -0.1) is 0 Å². The summed E-state index contributed by atoms with van der Waals surface area (Å²) >= 11 is 0. The van der Waals surface area contributed by atoms with Gasteiger partial charge >= 0.3 is 0 Å². The van der Waals surface area contributed by atoms with E-state index in [4.69, 9.17) is 47.4 Å². The SMILES string of the molecule is C=CCOc1ccc(C(=O)/C=C/c2ccc(C)c(C)c2OC)c(OCC=C)c1.COc1c(/C=C/C(=O)c2ccc(C)cc2OCc2ccccc2)ccc(C)c1C.COc1c(/C=C/C(=O)c2ccc(OC(C)C)cc2OC(C)C)ccc(C)c1C.COc1ccc(/C=C/C(=O)c2ccc(O)cc2O)c(OC)c1C. The number of ketones is 4. The molecule has 0 atom stereocenters. The summed E-state index contributed by atoms with van der Waals surface area (Å²) in [6.45, 7) is 32.1. The predicted octanol–water partition coefficient (Wildman–Crippen LogP) is 20.5. The van der Waals surface area contributed by atoms with Crippen molar-refractivity contribution in [3.8, 4) is 69.0 Å². The summed E-state index contributed by atoms with van der Waals surface area (Å²) in [4.78, 5) is 50.7. The molecule has 16 nitrogen and oxygen atoms in total. The minimum atomic E-state index is -0.377. The summed E-state index contributed by atoms with van der Waals surface area (Å²) in [5.41, 5.74) is 14.5. The number of ether oxygens (including phenoxy) is 10. The Labute approximate surface area is 636 Å². The Morgan fingerprint density at radius 3 is 1.22 bits per heavy atom. The molecule has 2 N–H and O–H groups in total. The number of carbonyl (C=O) groups excluding carboxylic acids is 4. The Morgan fingerprint density at radius 2 is 0.778 bits per heavy atom. The van der Waals surface area contributed by atoms with Gasteiger partial charge in [0.2, 0.25) is 0 Å². The number of phenols is 2. The highest BCUT2D eigenvalue weighted by Crippen LogP contribution is 2.36. The number of hydrogen-bond acceptors (Lipinski definition) is 16. The van der Waals surface area contributed by atoms with Crippen LogP contribution >= 0.6 is 0 Å². The molecule has 0 aromatic heterocycles. The van der Waals surface area contributed by atoms with Crippen molar-refractivity contribution in [2.75, 3.05) is 48.8 Å². The van der Waals surface area contributed by atoms with E-state index in [-0.39, 0.29) is 52.4 Å². The molecule has 9 rings (SSSR count). The molecule has 0 radical (unpaired) electrons. The maximum Gasteiger partial charge on any atom is 0.189 e. The molecule has 0 aliphatic rings. The number of rotatable bonds is 30. The van der Waals surface area contributed by atoms with E-state index in [2.05, 4.69) is 13.2 Å². The van der Waals surface area contributed by atoms with E-state index in [0.717, 1.165) is 95.6 Å². The van der Waals surface area contributed by atoms with Gasteiger partial charge in [-0.05, 0) is 237 Å². The largest absolute Gasteiger partial charge is 0.508 e. The lowest BCUT2D eigenvalue weighted by atomic mass is 10.0. The van der Waals surface area contributed by atoms with Crippen molar-refractivity contribution >= 4 is 47.4 Å². The Balaban J connectivity index is 0.000000226. The molecule has 9 aromatic carbocycles. The van der Waals surface area contributed by atoms with Gasteiger partial charge in [0, 0.05) is 46.0 Å². The van der Waals surface area contributed by atoms with Crippen molar-refractivity contribution in [3.05, 3.63) is 296 Å². The first-order chi connectivity index (χ1) is 51.7. The summed E-state index contributed by atoms with van der Waals surface area (Å²) in [6.07, 6.45) is 16.2. The van der Waals surface area contributed by atoms with Crippen LogP contribution in [0.25, 0.3) is 24.3 Å². The van der Waals surface area contributed by atoms with Crippen molar-refractivity contribution in [2.24, 2.45) is 0 Å². The van der Waals surface area contributed by atoms with Crippen LogP contribution in [0.3, 0.4) is 0 Å². The topological polar surface area (TPSA) is 201 Å². The lowest BCUT2D eigenvalue weighted by molar-refractivity contribution is 0.103. The minimum Gasteiger partial charge on any atom is -0.508 e. The summed E-state index contributed by atoms with van der Waals surface area (Å²) in [5.74, 6) is 5.35. The predicted molar refractivity (Wildman–Crippen MR) is 433 cm³/mol. The first-order valence-corrected chi connectivity index (χ1v) is 35.1. The number of benzene rings is 9. The van der Waals surface area contributed by atoms with E-state index >= 15 is 0 Å². The third kappa shape index (κ3) is 24.1. The fourth-order valence-corrected chi connectivity index (χ4v) is 11.0. The van der Waals surface area contributed by atoms with Gasteiger partial charge in [0.15, 0.2) is 23.1 Å². The van der Waals surface area contributed by atoms with Crippen LogP contribution in [0.15, 0.2) is 201 Å². The van der Waals surface area contributed by atoms with Crippen molar-refractivity contribution in [1.29, 1.82) is 0 Å². The van der Waals surface area contributed by atoms with Crippen LogP contribution in [0.2, 0.25) is 0 Å². The second-order valence-electron chi connectivity index (χ2n) is 25.5. The highest BCUT2D eigenvalue weighted by atomic mass is 16.5. The molecule has 0 bridgehead atoms. The number of phenolic OH excluding ortho intramolecular Hbond substituents is 2. The van der Waals surface area contributed by atoms with Gasteiger partial charge in [-0.1, -0.05) is 98.1 Å². The molecule has 0 fully saturated rings. The summed E-state index contributed by atoms with van der Waals surface area (Å²) in [7, 11) is 8.05. The second-order valence-corrected chi connectivity index (χ2v) is 25.5. The van der Waals surface area contributed by atoms with Crippen molar-refractivity contribution in [2.45, 2.75) is 102 Å². The molecule has 0 saturated heterocycles. The number of methoxy groups -OCH3 is 5. The van der Waals surface area contributed by atoms with Gasteiger partial charge in [-0.2, -0.15) is 0 Å². The second kappa shape index (κ2) is 42.0. The summed E-state index contributed by atoms with van der Waals surface area (Å²) in [6, 6.07) is 45.3. The zero-order valence-corrected chi connectivity index (χ0v) is 65.0. The number of hydrogen-bond donors (Lipinski definition) is 2. The van der Waals surface area contributed by atoms with Crippen molar-refractivity contribution in [1.82, 2.24) is 0 Å². The lowest BCUT2D eigenvalue weighted by Crippen LogP contribution is -2.11. The Hall–Kier alpha value is -12.3. The molecule has 0 amide bonds. The summed E-state index contributed by atoms with van der Waals surface area (Å²) < 4.78 is 55.9. The normalized spacial score (nSPS) is 10.9. The maximum atomic E-state index is 12.9.